The lowest BCUT2D eigenvalue weighted by Gasteiger charge is -2.09. The Kier molecular flexibility index (Phi) is 4.42. The molecule has 2 N–H and O–H groups in total. The van der Waals surface area contributed by atoms with E-state index < -0.39 is 0 Å². The van der Waals surface area contributed by atoms with Crippen LogP contribution in [0.4, 0.5) is 0 Å². The molecule has 0 unspecified atom stereocenters. The van der Waals surface area contributed by atoms with Crippen LogP contribution in [0.1, 0.15) is 10.4 Å². The van der Waals surface area contributed by atoms with E-state index in [1.807, 2.05) is 36.4 Å². The second-order valence-electron chi connectivity index (χ2n) is 3.64. The summed E-state index contributed by atoms with van der Waals surface area (Å²) in [6.45, 7) is 1.18. The molecule has 2 nitrogen and oxygen atoms in total. The maximum Gasteiger partial charge on any atom is 0.123 e. The van der Waals surface area contributed by atoms with Gasteiger partial charge in [-0.1, -0.05) is 29.8 Å². The van der Waals surface area contributed by atoms with Crippen LogP contribution < -0.4 is 10.5 Å². The summed E-state index contributed by atoms with van der Waals surface area (Å²) in [6.07, 6.45) is 0.835. The van der Waals surface area contributed by atoms with Crippen molar-refractivity contribution in [3.05, 3.63) is 51.2 Å². The number of hydrogen-bond donors (Lipinski definition) is 1. The number of ether oxygens (including phenoxy) is 1. The van der Waals surface area contributed by atoms with Gasteiger partial charge in [-0.05, 0) is 36.7 Å². The predicted octanol–water partition coefficient (Wildman–Crippen LogP) is 3.48. The SMILES string of the molecule is NCCc1ccccc1OCc1ccc(Cl)s1. The fourth-order valence-electron chi connectivity index (χ4n) is 1.58. The van der Waals surface area contributed by atoms with E-state index in [9.17, 15) is 0 Å². The standard InChI is InChI=1S/C13H14ClNOS/c14-13-6-5-11(17-13)9-16-12-4-2-1-3-10(12)7-8-15/h1-6H,7-9,15H2. The van der Waals surface area contributed by atoms with Crippen LogP contribution in [0.3, 0.4) is 0 Å². The van der Waals surface area contributed by atoms with Gasteiger partial charge < -0.3 is 10.5 Å². The average molecular weight is 268 g/mol. The quantitative estimate of drug-likeness (QED) is 0.900. The number of benzene rings is 1. The van der Waals surface area contributed by atoms with E-state index in [0.29, 0.717) is 13.2 Å². The maximum absolute atomic E-state index is 5.87. The van der Waals surface area contributed by atoms with Crippen LogP contribution in [-0.4, -0.2) is 6.54 Å². The lowest BCUT2D eigenvalue weighted by atomic mass is 10.1. The van der Waals surface area contributed by atoms with Crippen LogP contribution in [0.15, 0.2) is 36.4 Å². The summed E-state index contributed by atoms with van der Waals surface area (Å²) in [4.78, 5) is 1.12. The molecule has 0 saturated heterocycles. The summed E-state index contributed by atoms with van der Waals surface area (Å²) in [5, 5.41) is 0. The zero-order valence-corrected chi connectivity index (χ0v) is 10.9. The highest BCUT2D eigenvalue weighted by molar-refractivity contribution is 7.16. The number of para-hydroxylation sites is 1. The summed E-state index contributed by atoms with van der Waals surface area (Å²) in [5.41, 5.74) is 6.72. The van der Waals surface area contributed by atoms with E-state index in [0.717, 1.165) is 26.9 Å². The largest absolute Gasteiger partial charge is 0.488 e. The van der Waals surface area contributed by atoms with Crippen molar-refractivity contribution in [1.29, 1.82) is 0 Å². The van der Waals surface area contributed by atoms with Gasteiger partial charge in [-0.25, -0.2) is 0 Å². The van der Waals surface area contributed by atoms with Crippen LogP contribution in [0.5, 0.6) is 5.75 Å². The molecule has 1 aromatic carbocycles. The van der Waals surface area contributed by atoms with Crippen molar-refractivity contribution < 1.29 is 4.74 Å². The minimum absolute atomic E-state index is 0.555. The van der Waals surface area contributed by atoms with Gasteiger partial charge in [0.05, 0.1) is 4.34 Å². The highest BCUT2D eigenvalue weighted by atomic mass is 35.5. The second kappa shape index (κ2) is 6.05. The number of rotatable bonds is 5. The third-order valence-corrected chi connectivity index (χ3v) is 3.59. The molecule has 0 aliphatic rings. The topological polar surface area (TPSA) is 35.2 Å². The molecule has 0 fully saturated rings. The van der Waals surface area contributed by atoms with Gasteiger partial charge in [0.25, 0.3) is 0 Å². The Balaban J connectivity index is 2.03. The molecule has 4 heteroatoms. The van der Waals surface area contributed by atoms with Gasteiger partial charge in [-0.15, -0.1) is 11.3 Å². The van der Waals surface area contributed by atoms with Gasteiger partial charge in [-0.3, -0.25) is 0 Å². The normalized spacial score (nSPS) is 10.5. The van der Waals surface area contributed by atoms with Crippen molar-refractivity contribution in [2.75, 3.05) is 6.54 Å². The predicted molar refractivity (Wildman–Crippen MR) is 72.9 cm³/mol. The number of nitrogens with two attached hydrogens (primary N) is 1. The first-order valence-electron chi connectivity index (χ1n) is 5.44. The van der Waals surface area contributed by atoms with Gasteiger partial charge in [0.1, 0.15) is 12.4 Å². The molecule has 0 atom stereocenters. The zero-order valence-electron chi connectivity index (χ0n) is 9.36. The Morgan fingerprint density at radius 1 is 1.18 bits per heavy atom. The summed E-state index contributed by atoms with van der Waals surface area (Å²) in [6, 6.07) is 11.9. The second-order valence-corrected chi connectivity index (χ2v) is 5.44. The van der Waals surface area contributed by atoms with E-state index in [2.05, 4.69) is 0 Å². The average Bonchev–Trinajstić information content (AvgIpc) is 2.74. The maximum atomic E-state index is 5.87. The number of thiophene rings is 1. The number of hydrogen-bond acceptors (Lipinski definition) is 3. The Bertz CT molecular complexity index is 484. The van der Waals surface area contributed by atoms with Crippen molar-refractivity contribution in [3.8, 4) is 5.75 Å². The summed E-state index contributed by atoms with van der Waals surface area (Å²) in [7, 11) is 0. The first-order valence-corrected chi connectivity index (χ1v) is 6.64. The first kappa shape index (κ1) is 12.4. The molecule has 0 aliphatic heterocycles. The van der Waals surface area contributed by atoms with Crippen LogP contribution >= 0.6 is 22.9 Å². The first-order chi connectivity index (χ1) is 8.29. The molecule has 0 spiro atoms. The van der Waals surface area contributed by atoms with E-state index in [1.165, 1.54) is 0 Å². The molecule has 17 heavy (non-hydrogen) atoms. The van der Waals surface area contributed by atoms with Crippen molar-refractivity contribution in [2.24, 2.45) is 5.73 Å². The molecule has 1 heterocycles. The van der Waals surface area contributed by atoms with Crippen molar-refractivity contribution in [2.45, 2.75) is 13.0 Å². The summed E-state index contributed by atoms with van der Waals surface area (Å²) in [5.74, 6) is 0.905. The molecular formula is C13H14ClNOS. The number of halogens is 1. The van der Waals surface area contributed by atoms with Crippen LogP contribution in [0.2, 0.25) is 4.34 Å². The minimum atomic E-state index is 0.555. The fraction of sp³-hybridized carbons (Fsp3) is 0.231. The highest BCUT2D eigenvalue weighted by Crippen LogP contribution is 2.24. The van der Waals surface area contributed by atoms with Crippen LogP contribution in [0.25, 0.3) is 0 Å². The van der Waals surface area contributed by atoms with Gasteiger partial charge >= 0.3 is 0 Å². The van der Waals surface area contributed by atoms with Gasteiger partial charge in [0, 0.05) is 4.88 Å². The van der Waals surface area contributed by atoms with Crippen molar-refractivity contribution in [3.63, 3.8) is 0 Å². The smallest absolute Gasteiger partial charge is 0.123 e. The van der Waals surface area contributed by atoms with Crippen molar-refractivity contribution >= 4 is 22.9 Å². The van der Waals surface area contributed by atoms with Crippen molar-refractivity contribution in [1.82, 2.24) is 0 Å². The van der Waals surface area contributed by atoms with E-state index >= 15 is 0 Å². The molecule has 0 radical (unpaired) electrons. The third kappa shape index (κ3) is 3.46. The molecule has 90 valence electrons. The lowest BCUT2D eigenvalue weighted by Crippen LogP contribution is -2.05. The van der Waals surface area contributed by atoms with E-state index in [4.69, 9.17) is 22.1 Å². The zero-order chi connectivity index (χ0) is 12.1. The third-order valence-electron chi connectivity index (χ3n) is 2.39. The van der Waals surface area contributed by atoms with E-state index in [1.54, 1.807) is 11.3 Å². The molecule has 0 aliphatic carbocycles. The molecule has 1 aromatic heterocycles. The fourth-order valence-corrected chi connectivity index (χ4v) is 2.59. The molecular weight excluding hydrogens is 254 g/mol. The summed E-state index contributed by atoms with van der Waals surface area (Å²) >= 11 is 7.41. The van der Waals surface area contributed by atoms with Crippen LogP contribution in [-0.2, 0) is 13.0 Å². The molecule has 2 rings (SSSR count). The monoisotopic (exact) mass is 267 g/mol. The molecule has 0 saturated carbocycles. The Morgan fingerprint density at radius 3 is 2.71 bits per heavy atom. The molecule has 0 bridgehead atoms. The van der Waals surface area contributed by atoms with Gasteiger partial charge in [0.15, 0.2) is 0 Å². The van der Waals surface area contributed by atoms with E-state index in [-0.39, 0.29) is 0 Å². The molecule has 2 aromatic rings. The highest BCUT2D eigenvalue weighted by Gasteiger charge is 2.03. The molecule has 0 amide bonds. The summed E-state index contributed by atoms with van der Waals surface area (Å²) < 4.78 is 6.58. The Morgan fingerprint density at radius 2 is 2.00 bits per heavy atom. The minimum Gasteiger partial charge on any atom is -0.488 e. The Hall–Kier alpha value is -1.03. The van der Waals surface area contributed by atoms with Gasteiger partial charge in [0.2, 0.25) is 0 Å². The van der Waals surface area contributed by atoms with Gasteiger partial charge in [-0.2, -0.15) is 0 Å². The lowest BCUT2D eigenvalue weighted by molar-refractivity contribution is 0.306. The van der Waals surface area contributed by atoms with Crippen LogP contribution in [0, 0.1) is 0 Å². The Labute approximate surface area is 110 Å².